The van der Waals surface area contributed by atoms with E-state index in [1.807, 2.05) is 12.1 Å². The van der Waals surface area contributed by atoms with Crippen LogP contribution in [0.3, 0.4) is 0 Å². The summed E-state index contributed by atoms with van der Waals surface area (Å²) in [6.07, 6.45) is 0. The van der Waals surface area contributed by atoms with E-state index < -0.39 is 0 Å². The van der Waals surface area contributed by atoms with Gasteiger partial charge in [0.2, 0.25) is 5.91 Å². The lowest BCUT2D eigenvalue weighted by atomic mass is 10.1. The molecule has 0 spiro atoms. The minimum absolute atomic E-state index is 0.365. The Hall–Kier alpha value is -1.86. The lowest BCUT2D eigenvalue weighted by Gasteiger charge is -2.09. The summed E-state index contributed by atoms with van der Waals surface area (Å²) in [5, 5.41) is 11.6. The zero-order chi connectivity index (χ0) is 11.3. The molecule has 4 nitrogen and oxygen atoms in total. The van der Waals surface area contributed by atoms with Gasteiger partial charge in [0.25, 0.3) is 0 Å². The van der Waals surface area contributed by atoms with Gasteiger partial charge in [-0.25, -0.2) is 0 Å². The molecule has 0 saturated heterocycles. The third kappa shape index (κ3) is 3.41. The predicted octanol–water partition coefficient (Wildman–Crippen LogP) is 0.522. The Bertz CT molecular complexity index is 395. The maximum Gasteiger partial charge on any atom is 0.234 e. The van der Waals surface area contributed by atoms with Gasteiger partial charge in [-0.05, 0) is 24.6 Å². The van der Waals surface area contributed by atoms with E-state index in [9.17, 15) is 4.79 Å². The molecule has 78 valence electrons. The van der Waals surface area contributed by atoms with E-state index in [4.69, 9.17) is 11.0 Å². The standard InChI is InChI=1S/C11H13N3O/c1-8(11(13)15)14-7-10-4-2-3-9(5-10)6-12/h2-5,8,14H,7H2,1H3,(H2,13,15). The molecular formula is C11H13N3O. The van der Waals surface area contributed by atoms with Gasteiger partial charge >= 0.3 is 0 Å². The molecule has 1 unspecified atom stereocenters. The molecule has 0 aliphatic carbocycles. The summed E-state index contributed by atoms with van der Waals surface area (Å²) in [5.41, 5.74) is 6.67. The van der Waals surface area contributed by atoms with Crippen molar-refractivity contribution in [3.63, 3.8) is 0 Å². The average Bonchev–Trinajstić information content (AvgIpc) is 2.26. The number of hydrogen-bond donors (Lipinski definition) is 2. The van der Waals surface area contributed by atoms with E-state index in [1.165, 1.54) is 0 Å². The van der Waals surface area contributed by atoms with Crippen LogP contribution in [0.25, 0.3) is 0 Å². The highest BCUT2D eigenvalue weighted by Gasteiger charge is 2.06. The summed E-state index contributed by atoms with van der Waals surface area (Å²) < 4.78 is 0. The third-order valence-corrected chi connectivity index (χ3v) is 2.10. The number of nitriles is 1. The van der Waals surface area contributed by atoms with Crippen LogP contribution in [0.5, 0.6) is 0 Å². The molecule has 0 radical (unpaired) electrons. The molecule has 1 amide bonds. The molecule has 0 aliphatic rings. The number of nitrogens with zero attached hydrogens (tertiary/aromatic N) is 1. The van der Waals surface area contributed by atoms with E-state index >= 15 is 0 Å². The largest absolute Gasteiger partial charge is 0.368 e. The lowest BCUT2D eigenvalue weighted by molar-refractivity contribution is -0.119. The maximum atomic E-state index is 10.8. The fourth-order valence-electron chi connectivity index (χ4n) is 1.12. The molecule has 1 atom stereocenters. The summed E-state index contributed by atoms with van der Waals surface area (Å²) >= 11 is 0. The van der Waals surface area contributed by atoms with Gasteiger partial charge in [-0.2, -0.15) is 5.26 Å². The molecule has 0 aromatic heterocycles. The van der Waals surface area contributed by atoms with Gasteiger partial charge in [-0.3, -0.25) is 4.79 Å². The van der Waals surface area contributed by atoms with Crippen LogP contribution in [0.15, 0.2) is 24.3 Å². The maximum absolute atomic E-state index is 10.8. The minimum Gasteiger partial charge on any atom is -0.368 e. The van der Waals surface area contributed by atoms with E-state index in [0.29, 0.717) is 12.1 Å². The van der Waals surface area contributed by atoms with E-state index in [-0.39, 0.29) is 11.9 Å². The van der Waals surface area contributed by atoms with Gasteiger partial charge in [-0.15, -0.1) is 0 Å². The molecule has 1 rings (SSSR count). The van der Waals surface area contributed by atoms with Crippen molar-refractivity contribution in [1.82, 2.24) is 5.32 Å². The Morgan fingerprint density at radius 3 is 3.00 bits per heavy atom. The van der Waals surface area contributed by atoms with Crippen LogP contribution < -0.4 is 11.1 Å². The van der Waals surface area contributed by atoms with Crippen LogP contribution >= 0.6 is 0 Å². The van der Waals surface area contributed by atoms with Gasteiger partial charge < -0.3 is 11.1 Å². The first-order chi connectivity index (χ1) is 7.13. The first-order valence-corrected chi connectivity index (χ1v) is 4.65. The number of rotatable bonds is 4. The predicted molar refractivity (Wildman–Crippen MR) is 56.7 cm³/mol. The smallest absolute Gasteiger partial charge is 0.234 e. The number of nitrogens with one attached hydrogen (secondary N) is 1. The van der Waals surface area contributed by atoms with Gasteiger partial charge in [0.1, 0.15) is 0 Å². The van der Waals surface area contributed by atoms with E-state index in [1.54, 1.807) is 19.1 Å². The lowest BCUT2D eigenvalue weighted by Crippen LogP contribution is -2.38. The summed E-state index contributed by atoms with van der Waals surface area (Å²) in [5.74, 6) is -0.383. The van der Waals surface area contributed by atoms with Crippen molar-refractivity contribution in [2.24, 2.45) is 5.73 Å². The zero-order valence-electron chi connectivity index (χ0n) is 8.53. The number of carbonyl (C=O) groups excluding carboxylic acids is 1. The van der Waals surface area contributed by atoms with Crippen LogP contribution in [-0.4, -0.2) is 11.9 Å². The molecule has 0 heterocycles. The van der Waals surface area contributed by atoms with Gasteiger partial charge in [0.05, 0.1) is 17.7 Å². The molecule has 1 aromatic carbocycles. The second-order valence-corrected chi connectivity index (χ2v) is 3.32. The van der Waals surface area contributed by atoms with Crippen molar-refractivity contribution < 1.29 is 4.79 Å². The first-order valence-electron chi connectivity index (χ1n) is 4.65. The van der Waals surface area contributed by atoms with Gasteiger partial charge in [0.15, 0.2) is 0 Å². The minimum atomic E-state index is -0.383. The SMILES string of the molecule is CC(NCc1cccc(C#N)c1)C(N)=O. The highest BCUT2D eigenvalue weighted by molar-refractivity contribution is 5.79. The fraction of sp³-hybridized carbons (Fsp3) is 0.273. The molecule has 0 aliphatic heterocycles. The fourth-order valence-corrected chi connectivity index (χ4v) is 1.12. The number of amides is 1. The molecule has 1 aromatic rings. The van der Waals surface area contributed by atoms with Gasteiger partial charge in [-0.1, -0.05) is 12.1 Å². The molecular weight excluding hydrogens is 190 g/mol. The molecule has 0 fully saturated rings. The number of nitrogens with two attached hydrogens (primary N) is 1. The Morgan fingerprint density at radius 1 is 1.67 bits per heavy atom. The van der Waals surface area contributed by atoms with Crippen LogP contribution in [0, 0.1) is 11.3 Å². The van der Waals surface area contributed by atoms with Crippen molar-refractivity contribution in [2.45, 2.75) is 19.5 Å². The highest BCUT2D eigenvalue weighted by Crippen LogP contribution is 2.03. The van der Waals surface area contributed by atoms with Crippen molar-refractivity contribution in [2.75, 3.05) is 0 Å². The number of primary amides is 1. The van der Waals surface area contributed by atoms with Crippen molar-refractivity contribution >= 4 is 5.91 Å². The Morgan fingerprint density at radius 2 is 2.40 bits per heavy atom. The number of benzene rings is 1. The summed E-state index contributed by atoms with van der Waals surface area (Å²) in [6.45, 7) is 2.23. The van der Waals surface area contributed by atoms with Crippen molar-refractivity contribution in [1.29, 1.82) is 5.26 Å². The quantitative estimate of drug-likeness (QED) is 0.748. The van der Waals surface area contributed by atoms with Gasteiger partial charge in [0, 0.05) is 6.54 Å². The highest BCUT2D eigenvalue weighted by atomic mass is 16.1. The Labute approximate surface area is 88.7 Å². The molecule has 15 heavy (non-hydrogen) atoms. The monoisotopic (exact) mass is 203 g/mol. The van der Waals surface area contributed by atoms with Crippen molar-refractivity contribution in [3.8, 4) is 6.07 Å². The first kappa shape index (κ1) is 11.2. The second kappa shape index (κ2) is 5.13. The number of hydrogen-bond acceptors (Lipinski definition) is 3. The Kier molecular flexibility index (Phi) is 3.83. The molecule has 3 N–H and O–H groups in total. The normalized spacial score (nSPS) is 11.7. The van der Waals surface area contributed by atoms with Crippen LogP contribution in [0.1, 0.15) is 18.1 Å². The van der Waals surface area contributed by atoms with E-state index in [2.05, 4.69) is 11.4 Å². The second-order valence-electron chi connectivity index (χ2n) is 3.32. The van der Waals surface area contributed by atoms with Crippen LogP contribution in [0.4, 0.5) is 0 Å². The third-order valence-electron chi connectivity index (χ3n) is 2.10. The van der Waals surface area contributed by atoms with E-state index in [0.717, 1.165) is 5.56 Å². The average molecular weight is 203 g/mol. The topological polar surface area (TPSA) is 78.9 Å². The Balaban J connectivity index is 2.58. The number of carbonyl (C=O) groups is 1. The molecule has 0 bridgehead atoms. The molecule has 4 heteroatoms. The molecule has 0 saturated carbocycles. The summed E-state index contributed by atoms with van der Waals surface area (Å²) in [6, 6.07) is 8.91. The van der Waals surface area contributed by atoms with Crippen LogP contribution in [-0.2, 0) is 11.3 Å². The summed E-state index contributed by atoms with van der Waals surface area (Å²) in [7, 11) is 0. The van der Waals surface area contributed by atoms with Crippen LogP contribution in [0.2, 0.25) is 0 Å². The zero-order valence-corrected chi connectivity index (χ0v) is 8.53. The summed E-state index contributed by atoms with van der Waals surface area (Å²) in [4.78, 5) is 10.8. The van der Waals surface area contributed by atoms with Crippen molar-refractivity contribution in [3.05, 3.63) is 35.4 Å².